The van der Waals surface area contributed by atoms with Gasteiger partial charge in [0.1, 0.15) is 11.4 Å². The van der Waals surface area contributed by atoms with Gasteiger partial charge in [0.2, 0.25) is 0 Å². The summed E-state index contributed by atoms with van der Waals surface area (Å²) in [5.41, 5.74) is 4.28. The quantitative estimate of drug-likeness (QED) is 0.803. The van der Waals surface area contributed by atoms with E-state index in [0.29, 0.717) is 31.5 Å². The van der Waals surface area contributed by atoms with Gasteiger partial charge in [0.15, 0.2) is 0 Å². The van der Waals surface area contributed by atoms with Crippen LogP contribution in [0.25, 0.3) is 5.57 Å². The molecule has 1 N–H and O–H groups in total. The average Bonchev–Trinajstić information content (AvgIpc) is 2.66. The van der Waals surface area contributed by atoms with Gasteiger partial charge in [-0.2, -0.15) is 0 Å². The lowest BCUT2D eigenvalue weighted by Gasteiger charge is -2.30. The SMILES string of the molecule is CC(C)(C)c1ccc(C(=CC(O)N2CCOCC2)c2ccnc(Cl)c2)cc1. The summed E-state index contributed by atoms with van der Waals surface area (Å²) in [6.45, 7) is 9.30. The summed E-state index contributed by atoms with van der Waals surface area (Å²) < 4.78 is 5.39. The first-order chi connectivity index (χ1) is 12.8. The van der Waals surface area contributed by atoms with Crippen molar-refractivity contribution in [3.05, 3.63) is 70.5 Å². The molecule has 3 rings (SSSR count). The molecule has 27 heavy (non-hydrogen) atoms. The first-order valence-electron chi connectivity index (χ1n) is 9.29. The Kier molecular flexibility index (Phi) is 6.33. The number of pyridine rings is 1. The number of rotatable bonds is 4. The second kappa shape index (κ2) is 8.53. The van der Waals surface area contributed by atoms with E-state index in [1.807, 2.05) is 23.1 Å². The van der Waals surface area contributed by atoms with E-state index >= 15 is 0 Å². The van der Waals surface area contributed by atoms with Crippen molar-refractivity contribution in [3.8, 4) is 0 Å². The molecule has 0 saturated carbocycles. The molecule has 2 aromatic rings. The third-order valence-electron chi connectivity index (χ3n) is 4.84. The molecule has 5 heteroatoms. The van der Waals surface area contributed by atoms with Gasteiger partial charge in [0.05, 0.1) is 13.2 Å². The molecule has 4 nitrogen and oxygen atoms in total. The van der Waals surface area contributed by atoms with E-state index in [1.165, 1.54) is 5.56 Å². The van der Waals surface area contributed by atoms with Crippen LogP contribution in [0.3, 0.4) is 0 Å². The summed E-state index contributed by atoms with van der Waals surface area (Å²) >= 11 is 6.12. The fraction of sp³-hybridized carbons (Fsp3) is 0.409. The summed E-state index contributed by atoms with van der Waals surface area (Å²) in [5, 5.41) is 11.2. The summed E-state index contributed by atoms with van der Waals surface area (Å²) in [4.78, 5) is 6.09. The second-order valence-corrected chi connectivity index (χ2v) is 8.22. The molecule has 1 aliphatic rings. The number of nitrogens with zero attached hydrogens (tertiary/aromatic N) is 2. The summed E-state index contributed by atoms with van der Waals surface area (Å²) in [5.74, 6) is 0. The number of aliphatic hydroxyl groups is 1. The van der Waals surface area contributed by atoms with Crippen molar-refractivity contribution in [1.29, 1.82) is 0 Å². The molecule has 0 spiro atoms. The molecule has 0 amide bonds. The van der Waals surface area contributed by atoms with E-state index in [1.54, 1.807) is 6.20 Å². The molecular weight excluding hydrogens is 360 g/mol. The molecule has 0 radical (unpaired) electrons. The summed E-state index contributed by atoms with van der Waals surface area (Å²) in [6.07, 6.45) is 2.90. The molecule has 144 valence electrons. The van der Waals surface area contributed by atoms with Crippen LogP contribution in [-0.4, -0.2) is 47.5 Å². The first kappa shape index (κ1) is 20.0. The van der Waals surface area contributed by atoms with Gasteiger partial charge in [-0.15, -0.1) is 0 Å². The number of benzene rings is 1. The molecule has 1 aromatic carbocycles. The van der Waals surface area contributed by atoms with Gasteiger partial charge in [-0.1, -0.05) is 56.6 Å². The van der Waals surface area contributed by atoms with Crippen LogP contribution in [0.15, 0.2) is 48.7 Å². The monoisotopic (exact) mass is 386 g/mol. The highest BCUT2D eigenvalue weighted by atomic mass is 35.5. The maximum Gasteiger partial charge on any atom is 0.129 e. The minimum atomic E-state index is -0.682. The number of morpholine rings is 1. The Hall–Kier alpha value is -1.72. The first-order valence-corrected chi connectivity index (χ1v) is 9.67. The van der Waals surface area contributed by atoms with E-state index in [9.17, 15) is 5.11 Å². The van der Waals surface area contributed by atoms with Crippen molar-refractivity contribution in [3.63, 3.8) is 0 Å². The van der Waals surface area contributed by atoms with Gasteiger partial charge < -0.3 is 9.84 Å². The lowest BCUT2D eigenvalue weighted by Crippen LogP contribution is -2.42. The number of hydrogen-bond donors (Lipinski definition) is 1. The van der Waals surface area contributed by atoms with Crippen molar-refractivity contribution in [2.24, 2.45) is 0 Å². The van der Waals surface area contributed by atoms with Crippen LogP contribution in [0.5, 0.6) is 0 Å². The average molecular weight is 387 g/mol. The molecular formula is C22H27ClN2O2. The Morgan fingerprint density at radius 2 is 1.81 bits per heavy atom. The topological polar surface area (TPSA) is 45.6 Å². The Labute approximate surface area is 166 Å². The number of aromatic nitrogens is 1. The molecule has 1 aromatic heterocycles. The van der Waals surface area contributed by atoms with Crippen molar-refractivity contribution in [2.45, 2.75) is 32.4 Å². The van der Waals surface area contributed by atoms with Gasteiger partial charge in [-0.25, -0.2) is 4.98 Å². The normalized spacial score (nSPS) is 17.7. The second-order valence-electron chi connectivity index (χ2n) is 7.84. The third kappa shape index (κ3) is 5.17. The van der Waals surface area contributed by atoms with Crippen molar-refractivity contribution in [1.82, 2.24) is 9.88 Å². The Morgan fingerprint density at radius 1 is 1.15 bits per heavy atom. The molecule has 1 atom stereocenters. The zero-order valence-electron chi connectivity index (χ0n) is 16.2. The van der Waals surface area contributed by atoms with Crippen LogP contribution >= 0.6 is 11.6 Å². The lowest BCUT2D eigenvalue weighted by atomic mass is 9.85. The maximum atomic E-state index is 10.8. The van der Waals surface area contributed by atoms with E-state index < -0.39 is 6.23 Å². The molecule has 2 heterocycles. The van der Waals surface area contributed by atoms with Gasteiger partial charge in [-0.3, -0.25) is 4.90 Å². The number of hydrogen-bond acceptors (Lipinski definition) is 4. The summed E-state index contributed by atoms with van der Waals surface area (Å²) in [7, 11) is 0. The van der Waals surface area contributed by atoms with Gasteiger partial charge >= 0.3 is 0 Å². The Morgan fingerprint density at radius 3 is 2.41 bits per heavy atom. The molecule has 0 bridgehead atoms. The minimum Gasteiger partial charge on any atom is -0.379 e. The van der Waals surface area contributed by atoms with Gasteiger partial charge in [-0.05, 0) is 45.9 Å². The maximum absolute atomic E-state index is 10.8. The minimum absolute atomic E-state index is 0.0930. The molecule has 0 aliphatic carbocycles. The van der Waals surface area contributed by atoms with Crippen LogP contribution in [-0.2, 0) is 10.2 Å². The highest BCUT2D eigenvalue weighted by molar-refractivity contribution is 6.29. The fourth-order valence-electron chi connectivity index (χ4n) is 3.18. The van der Waals surface area contributed by atoms with Crippen LogP contribution in [0.4, 0.5) is 0 Å². The summed E-state index contributed by atoms with van der Waals surface area (Å²) in [6, 6.07) is 12.2. The number of ether oxygens (including phenoxy) is 1. The van der Waals surface area contributed by atoms with Crippen LogP contribution in [0.1, 0.15) is 37.5 Å². The lowest BCUT2D eigenvalue weighted by molar-refractivity contribution is -0.0356. The largest absolute Gasteiger partial charge is 0.379 e. The van der Waals surface area contributed by atoms with Gasteiger partial charge in [0, 0.05) is 19.3 Å². The van der Waals surface area contributed by atoms with E-state index in [0.717, 1.165) is 16.7 Å². The highest BCUT2D eigenvalue weighted by Crippen LogP contribution is 2.29. The van der Waals surface area contributed by atoms with Crippen molar-refractivity contribution in [2.75, 3.05) is 26.3 Å². The van der Waals surface area contributed by atoms with Gasteiger partial charge in [0.25, 0.3) is 0 Å². The van der Waals surface area contributed by atoms with E-state index in [2.05, 4.69) is 50.0 Å². The third-order valence-corrected chi connectivity index (χ3v) is 5.04. The van der Waals surface area contributed by atoms with Crippen LogP contribution in [0.2, 0.25) is 5.15 Å². The smallest absolute Gasteiger partial charge is 0.129 e. The number of aliphatic hydroxyl groups excluding tert-OH is 1. The number of halogens is 1. The van der Waals surface area contributed by atoms with Crippen molar-refractivity contribution >= 4 is 17.2 Å². The molecule has 1 unspecified atom stereocenters. The fourth-order valence-corrected chi connectivity index (χ4v) is 3.35. The molecule has 1 aliphatic heterocycles. The predicted octanol–water partition coefficient (Wildman–Crippen LogP) is 4.11. The Bertz CT molecular complexity index is 791. The van der Waals surface area contributed by atoms with Crippen LogP contribution < -0.4 is 0 Å². The Balaban J connectivity index is 1.98. The van der Waals surface area contributed by atoms with E-state index in [4.69, 9.17) is 16.3 Å². The predicted molar refractivity (Wildman–Crippen MR) is 110 cm³/mol. The van der Waals surface area contributed by atoms with Crippen LogP contribution in [0, 0.1) is 0 Å². The standard InChI is InChI=1S/C22H27ClN2O2/c1-22(2,3)18-6-4-16(5-7-18)19(17-8-9-24-20(23)14-17)15-21(26)25-10-12-27-13-11-25/h4-9,14-15,21,26H,10-13H2,1-3H3. The molecule has 1 fully saturated rings. The highest BCUT2D eigenvalue weighted by Gasteiger charge is 2.19. The zero-order chi connectivity index (χ0) is 19.4. The molecule has 1 saturated heterocycles. The van der Waals surface area contributed by atoms with E-state index in [-0.39, 0.29) is 5.41 Å². The van der Waals surface area contributed by atoms with Crippen molar-refractivity contribution < 1.29 is 9.84 Å². The zero-order valence-corrected chi connectivity index (χ0v) is 16.9.